The van der Waals surface area contributed by atoms with Crippen LogP contribution in [0, 0.1) is 12.8 Å². The molecule has 2 bridgehead atoms. The number of aliphatic hydroxyl groups excluding tert-OH is 1. The van der Waals surface area contributed by atoms with Gasteiger partial charge in [-0.1, -0.05) is 12.1 Å². The van der Waals surface area contributed by atoms with Gasteiger partial charge >= 0.3 is 6.03 Å². The van der Waals surface area contributed by atoms with Crippen molar-refractivity contribution in [3.8, 4) is 5.75 Å². The second kappa shape index (κ2) is 5.42. The van der Waals surface area contributed by atoms with Crippen LogP contribution in [0.1, 0.15) is 54.9 Å². The maximum absolute atomic E-state index is 13.1. The monoisotopic (exact) mass is 425 g/mol. The smallest absolute Gasteiger partial charge is 0.322 e. The van der Waals surface area contributed by atoms with E-state index < -0.39 is 40.8 Å². The van der Waals surface area contributed by atoms with Crippen LogP contribution in [0.3, 0.4) is 0 Å². The van der Waals surface area contributed by atoms with Crippen molar-refractivity contribution in [2.75, 3.05) is 13.1 Å². The second-order valence-corrected chi connectivity index (χ2v) is 10.5. The lowest BCUT2D eigenvalue weighted by molar-refractivity contribution is -0.225. The summed E-state index contributed by atoms with van der Waals surface area (Å²) in [6.45, 7) is 3.55. The highest BCUT2D eigenvalue weighted by molar-refractivity contribution is 6.08. The molecular weight excluding hydrogens is 398 g/mol. The number of benzene rings is 1. The lowest BCUT2D eigenvalue weighted by Crippen LogP contribution is -2.82. The number of piperidine rings is 1. The number of likely N-dealkylation sites (tertiary alicyclic amines) is 1. The molecule has 4 fully saturated rings. The van der Waals surface area contributed by atoms with E-state index in [-0.39, 0.29) is 12.3 Å². The maximum Gasteiger partial charge on any atom is 0.322 e. The molecule has 2 saturated heterocycles. The molecular formula is C23H27N3O5. The molecule has 1 unspecified atom stereocenters. The Kier molecular flexibility index (Phi) is 3.22. The number of carbonyl (C=O) groups excluding carboxylic acids is 2. The number of fused-ring (bicyclic) bond motifs is 1. The third-order valence-electron chi connectivity index (χ3n) is 9.09. The lowest BCUT2D eigenvalue weighted by atomic mass is 9.45. The lowest BCUT2D eigenvalue weighted by Gasteiger charge is -2.66. The van der Waals surface area contributed by atoms with E-state index in [9.17, 15) is 19.8 Å². The molecule has 3 aliphatic heterocycles. The van der Waals surface area contributed by atoms with Crippen LogP contribution in [0.2, 0.25) is 0 Å². The second-order valence-electron chi connectivity index (χ2n) is 10.5. The molecule has 8 nitrogen and oxygen atoms in total. The van der Waals surface area contributed by atoms with Crippen LogP contribution in [0.4, 0.5) is 4.79 Å². The van der Waals surface area contributed by atoms with E-state index in [1.54, 1.807) is 0 Å². The quantitative estimate of drug-likeness (QED) is 0.518. The number of carbonyl (C=O) groups is 2. The van der Waals surface area contributed by atoms with Gasteiger partial charge in [-0.2, -0.15) is 0 Å². The predicted octanol–water partition coefficient (Wildman–Crippen LogP) is 0.628. The molecule has 1 aromatic rings. The van der Waals surface area contributed by atoms with E-state index in [4.69, 9.17) is 4.74 Å². The summed E-state index contributed by atoms with van der Waals surface area (Å²) in [7, 11) is 0. The van der Waals surface area contributed by atoms with Crippen molar-refractivity contribution in [1.82, 2.24) is 15.5 Å². The highest BCUT2D eigenvalue weighted by Crippen LogP contribution is 2.68. The van der Waals surface area contributed by atoms with Crippen molar-refractivity contribution < 1.29 is 24.5 Å². The molecule has 6 aliphatic rings. The Morgan fingerprint density at radius 1 is 1.23 bits per heavy atom. The number of nitrogens with one attached hydrogen (secondary N) is 2. The number of hydrogen-bond donors (Lipinski definition) is 4. The summed E-state index contributed by atoms with van der Waals surface area (Å²) in [6, 6.07) is 2.93. The Bertz CT molecular complexity index is 1060. The van der Waals surface area contributed by atoms with Crippen molar-refractivity contribution in [2.24, 2.45) is 5.92 Å². The Hall–Kier alpha value is -2.16. The van der Waals surface area contributed by atoms with Crippen LogP contribution >= 0.6 is 0 Å². The zero-order valence-electron chi connectivity index (χ0n) is 17.5. The number of amides is 3. The predicted molar refractivity (Wildman–Crippen MR) is 109 cm³/mol. The van der Waals surface area contributed by atoms with E-state index in [2.05, 4.69) is 15.5 Å². The molecule has 31 heavy (non-hydrogen) atoms. The average Bonchev–Trinajstić information content (AvgIpc) is 3.39. The summed E-state index contributed by atoms with van der Waals surface area (Å²) in [5, 5.41) is 29.3. The molecule has 0 aromatic heterocycles. The van der Waals surface area contributed by atoms with Crippen molar-refractivity contribution >= 4 is 11.9 Å². The minimum atomic E-state index is -1.24. The minimum absolute atomic E-state index is 0.274. The summed E-state index contributed by atoms with van der Waals surface area (Å²) in [5.74, 6) is 0.906. The average molecular weight is 425 g/mol. The number of hydrogen-bond acceptors (Lipinski definition) is 6. The molecule has 164 valence electrons. The largest absolute Gasteiger partial charge is 0.486 e. The summed E-state index contributed by atoms with van der Waals surface area (Å²) in [4.78, 5) is 27.5. The molecule has 4 N–H and O–H groups in total. The molecule has 3 heterocycles. The topological polar surface area (TPSA) is 111 Å². The fraction of sp³-hybridized carbons (Fsp3) is 0.652. The Balaban J connectivity index is 1.48. The molecule has 1 aromatic carbocycles. The third kappa shape index (κ3) is 1.90. The van der Waals surface area contributed by atoms with Gasteiger partial charge in [0.2, 0.25) is 0 Å². The number of aliphatic hydroxyl groups is 2. The van der Waals surface area contributed by atoms with E-state index in [0.717, 1.165) is 29.8 Å². The van der Waals surface area contributed by atoms with E-state index in [1.165, 1.54) is 12.8 Å². The van der Waals surface area contributed by atoms with Crippen LogP contribution in [-0.2, 0) is 10.2 Å². The van der Waals surface area contributed by atoms with Crippen LogP contribution in [0.15, 0.2) is 12.1 Å². The van der Waals surface area contributed by atoms with Crippen LogP contribution in [0.25, 0.3) is 0 Å². The summed E-state index contributed by atoms with van der Waals surface area (Å²) >= 11 is 0. The zero-order valence-corrected chi connectivity index (χ0v) is 17.5. The van der Waals surface area contributed by atoms with Crippen LogP contribution < -0.4 is 15.4 Å². The summed E-state index contributed by atoms with van der Waals surface area (Å²) < 4.78 is 6.54. The molecule has 7 rings (SSSR count). The van der Waals surface area contributed by atoms with Crippen LogP contribution in [0.5, 0.6) is 5.75 Å². The summed E-state index contributed by atoms with van der Waals surface area (Å²) in [6.07, 6.45) is 2.08. The van der Waals surface area contributed by atoms with Gasteiger partial charge in [0.1, 0.15) is 11.9 Å². The van der Waals surface area contributed by atoms with Crippen molar-refractivity contribution in [3.63, 3.8) is 0 Å². The van der Waals surface area contributed by atoms with Gasteiger partial charge in [-0.05, 0) is 62.6 Å². The molecule has 3 aliphatic carbocycles. The Morgan fingerprint density at radius 3 is 2.74 bits per heavy atom. The maximum atomic E-state index is 13.1. The van der Waals surface area contributed by atoms with Gasteiger partial charge in [-0.25, -0.2) is 4.79 Å². The van der Waals surface area contributed by atoms with Crippen LogP contribution in [-0.4, -0.2) is 63.4 Å². The molecule has 6 atom stereocenters. The third-order valence-corrected chi connectivity index (χ3v) is 9.09. The van der Waals surface area contributed by atoms with E-state index >= 15 is 0 Å². The van der Waals surface area contributed by atoms with Gasteiger partial charge in [0.25, 0.3) is 5.91 Å². The molecule has 3 amide bonds. The first-order valence-electron chi connectivity index (χ1n) is 11.4. The molecule has 8 heteroatoms. The first-order chi connectivity index (χ1) is 14.8. The highest BCUT2D eigenvalue weighted by atomic mass is 16.5. The Morgan fingerprint density at radius 2 is 2.03 bits per heavy atom. The standard InChI is InChI=1S/C23H27N3O5/c1-11-2-5-13-14-16(11)31-18-21(14)8-9-26(10-12-3-4-12)17(15(13)27)23(21,30)7-6-22(18)19(28)24-20(29)25-22/h2,5,12,15,17-18,27,30H,3-4,6-10H2,1H3,(H2,24,25,28,29)/t15-,17-,18?,21+,22+,23-/m1/s1. The number of rotatable bonds is 2. The number of imide groups is 1. The van der Waals surface area contributed by atoms with Crippen molar-refractivity contribution in [1.29, 1.82) is 0 Å². The van der Waals surface area contributed by atoms with Gasteiger partial charge in [-0.15, -0.1) is 0 Å². The molecule has 2 spiro atoms. The van der Waals surface area contributed by atoms with E-state index in [0.29, 0.717) is 24.5 Å². The molecule has 0 radical (unpaired) electrons. The fourth-order valence-electron chi connectivity index (χ4n) is 7.60. The van der Waals surface area contributed by atoms with Gasteiger partial charge < -0.3 is 20.3 Å². The minimum Gasteiger partial charge on any atom is -0.486 e. The zero-order chi connectivity index (χ0) is 21.3. The van der Waals surface area contributed by atoms with E-state index in [1.807, 2.05) is 19.1 Å². The van der Waals surface area contributed by atoms with Gasteiger partial charge in [-0.3, -0.25) is 15.0 Å². The molecule has 2 saturated carbocycles. The Labute approximate surface area is 179 Å². The van der Waals surface area contributed by atoms with Crippen molar-refractivity contribution in [3.05, 3.63) is 28.8 Å². The van der Waals surface area contributed by atoms with Gasteiger partial charge in [0.15, 0.2) is 5.54 Å². The number of ether oxygens (including phenoxy) is 1. The fourth-order valence-corrected chi connectivity index (χ4v) is 7.60. The number of nitrogens with zero attached hydrogens (tertiary/aromatic N) is 1. The van der Waals surface area contributed by atoms with Crippen molar-refractivity contribution in [2.45, 2.75) is 73.8 Å². The SMILES string of the molecule is Cc1ccc2c3c1OC1[C@]34CCN(CC3CC3)[C@H]([C@@H]2O)[C@]4(O)CC[C@]12NC(=O)NC2=O. The highest BCUT2D eigenvalue weighted by Gasteiger charge is 2.79. The van der Waals surface area contributed by atoms with Gasteiger partial charge in [0, 0.05) is 12.1 Å². The first-order valence-corrected chi connectivity index (χ1v) is 11.4. The van der Waals surface area contributed by atoms with Gasteiger partial charge in [0.05, 0.1) is 23.2 Å². The normalized spacial score (nSPS) is 44.7. The number of aryl methyl sites for hydroxylation is 1. The first kappa shape index (κ1) is 18.4. The number of urea groups is 1. The summed E-state index contributed by atoms with van der Waals surface area (Å²) in [5.41, 5.74) is -0.744.